The molecule has 0 saturated heterocycles. The van der Waals surface area contributed by atoms with Crippen LogP contribution in [0.4, 0.5) is 0 Å². The molecule has 0 aliphatic carbocycles. The van der Waals surface area contributed by atoms with Gasteiger partial charge >= 0.3 is 5.97 Å². The predicted octanol–water partition coefficient (Wildman–Crippen LogP) is 3.55. The molecule has 0 radical (unpaired) electrons. The van der Waals surface area contributed by atoms with Crippen molar-refractivity contribution in [2.75, 3.05) is 6.61 Å². The summed E-state index contributed by atoms with van der Waals surface area (Å²) in [7, 11) is 0. The highest BCUT2D eigenvalue weighted by molar-refractivity contribution is 5.69. The Balaban J connectivity index is 3.29. The fourth-order valence-electron chi connectivity index (χ4n) is 1.52. The Morgan fingerprint density at radius 1 is 1.21 bits per heavy atom. The molecule has 84 valence electrons. The molecular formula is C12H24O2. The zero-order valence-corrected chi connectivity index (χ0v) is 9.84. The molecule has 2 heteroatoms. The van der Waals surface area contributed by atoms with Crippen molar-refractivity contribution in [1.82, 2.24) is 0 Å². The summed E-state index contributed by atoms with van der Waals surface area (Å²) in [6.45, 7) is 6.83. The van der Waals surface area contributed by atoms with Crippen LogP contribution < -0.4 is 0 Å². The minimum absolute atomic E-state index is 0.0461. The molecule has 0 rings (SSSR count). The lowest BCUT2D eigenvalue weighted by molar-refractivity contribution is -0.143. The van der Waals surface area contributed by atoms with E-state index in [2.05, 4.69) is 13.8 Å². The number of ether oxygens (including phenoxy) is 1. The quantitative estimate of drug-likeness (QED) is 0.560. The Labute approximate surface area is 88.0 Å². The van der Waals surface area contributed by atoms with E-state index in [1.165, 1.54) is 19.3 Å². The molecular weight excluding hydrogens is 176 g/mol. The van der Waals surface area contributed by atoms with E-state index < -0.39 is 0 Å². The van der Waals surface area contributed by atoms with Crippen LogP contribution in [0.5, 0.6) is 0 Å². The van der Waals surface area contributed by atoms with Crippen molar-refractivity contribution in [3.05, 3.63) is 0 Å². The van der Waals surface area contributed by atoms with Crippen molar-refractivity contribution in [1.29, 1.82) is 0 Å². The minimum atomic E-state index is -0.0461. The summed E-state index contributed by atoms with van der Waals surface area (Å²) in [5.41, 5.74) is 0. The molecule has 0 spiro atoms. The summed E-state index contributed by atoms with van der Waals surface area (Å²) in [6.07, 6.45) is 6.58. The molecule has 0 fully saturated rings. The second-order valence-corrected chi connectivity index (χ2v) is 3.94. The summed E-state index contributed by atoms with van der Waals surface area (Å²) in [4.78, 5) is 11.0. The van der Waals surface area contributed by atoms with Gasteiger partial charge in [0, 0.05) is 6.42 Å². The average Bonchev–Trinajstić information content (AvgIpc) is 2.15. The molecule has 0 bridgehead atoms. The number of unbranched alkanes of at least 4 members (excludes halogenated alkanes) is 1. The van der Waals surface area contributed by atoms with Crippen LogP contribution in [0.3, 0.4) is 0 Å². The first-order valence-corrected chi connectivity index (χ1v) is 5.86. The van der Waals surface area contributed by atoms with Gasteiger partial charge in [-0.25, -0.2) is 0 Å². The maximum Gasteiger partial charge on any atom is 0.305 e. The molecule has 0 aliphatic heterocycles. The maximum absolute atomic E-state index is 11.0. The van der Waals surface area contributed by atoms with Gasteiger partial charge in [0.15, 0.2) is 0 Å². The molecule has 0 amide bonds. The van der Waals surface area contributed by atoms with Crippen molar-refractivity contribution in [3.8, 4) is 0 Å². The second kappa shape index (κ2) is 9.04. The smallest absolute Gasteiger partial charge is 0.305 e. The average molecular weight is 200 g/mol. The molecule has 0 heterocycles. The van der Waals surface area contributed by atoms with E-state index >= 15 is 0 Å². The van der Waals surface area contributed by atoms with Crippen LogP contribution in [0.25, 0.3) is 0 Å². The first kappa shape index (κ1) is 13.5. The molecule has 14 heavy (non-hydrogen) atoms. The highest BCUT2D eigenvalue weighted by Crippen LogP contribution is 2.15. The van der Waals surface area contributed by atoms with E-state index in [-0.39, 0.29) is 5.97 Å². The highest BCUT2D eigenvalue weighted by atomic mass is 16.5. The summed E-state index contributed by atoms with van der Waals surface area (Å²) in [5, 5.41) is 0. The Morgan fingerprint density at radius 3 is 2.43 bits per heavy atom. The van der Waals surface area contributed by atoms with Gasteiger partial charge in [-0.15, -0.1) is 0 Å². The lowest BCUT2D eigenvalue weighted by atomic mass is 9.98. The van der Waals surface area contributed by atoms with E-state index in [4.69, 9.17) is 4.74 Å². The van der Waals surface area contributed by atoms with Gasteiger partial charge < -0.3 is 4.74 Å². The topological polar surface area (TPSA) is 26.3 Å². The molecule has 0 N–H and O–H groups in total. The molecule has 0 saturated carbocycles. The molecule has 0 unspecified atom stereocenters. The third-order valence-corrected chi connectivity index (χ3v) is 2.43. The van der Waals surface area contributed by atoms with Crippen LogP contribution in [0, 0.1) is 5.92 Å². The summed E-state index contributed by atoms with van der Waals surface area (Å²) in [5.74, 6) is 0.708. The van der Waals surface area contributed by atoms with Crippen molar-refractivity contribution >= 4 is 5.97 Å². The van der Waals surface area contributed by atoms with Gasteiger partial charge in [0.05, 0.1) is 6.61 Å². The van der Waals surface area contributed by atoms with E-state index in [0.717, 1.165) is 18.8 Å². The molecule has 0 aromatic rings. The number of hydrogen-bond donors (Lipinski definition) is 0. The molecule has 0 aromatic carbocycles. The minimum Gasteiger partial charge on any atom is -0.466 e. The lowest BCUT2D eigenvalue weighted by Gasteiger charge is -2.09. The van der Waals surface area contributed by atoms with Gasteiger partial charge in [-0.05, 0) is 19.3 Å². The van der Waals surface area contributed by atoms with E-state index in [1.807, 2.05) is 6.92 Å². The Morgan fingerprint density at radius 2 is 1.86 bits per heavy atom. The Hall–Kier alpha value is -0.530. The zero-order chi connectivity index (χ0) is 10.8. The molecule has 0 aliphatic rings. The SMILES string of the molecule is CCCC[C@@H](C)CCCC(=O)OCC. The summed E-state index contributed by atoms with van der Waals surface area (Å²) in [6, 6.07) is 0. The van der Waals surface area contributed by atoms with Gasteiger partial charge in [-0.1, -0.05) is 39.5 Å². The van der Waals surface area contributed by atoms with Crippen molar-refractivity contribution in [2.24, 2.45) is 5.92 Å². The number of rotatable bonds is 8. The van der Waals surface area contributed by atoms with Gasteiger partial charge in [-0.2, -0.15) is 0 Å². The first-order chi connectivity index (χ1) is 6.70. The largest absolute Gasteiger partial charge is 0.466 e. The molecule has 0 aromatic heterocycles. The molecule has 1 atom stereocenters. The summed E-state index contributed by atoms with van der Waals surface area (Å²) < 4.78 is 4.87. The van der Waals surface area contributed by atoms with Gasteiger partial charge in [0.2, 0.25) is 0 Å². The monoisotopic (exact) mass is 200 g/mol. The number of carbonyl (C=O) groups is 1. The first-order valence-electron chi connectivity index (χ1n) is 5.86. The third-order valence-electron chi connectivity index (χ3n) is 2.43. The van der Waals surface area contributed by atoms with Crippen LogP contribution in [0.15, 0.2) is 0 Å². The van der Waals surface area contributed by atoms with Crippen LogP contribution >= 0.6 is 0 Å². The van der Waals surface area contributed by atoms with Gasteiger partial charge in [0.1, 0.15) is 0 Å². The Bertz CT molecular complexity index is 143. The van der Waals surface area contributed by atoms with Crippen LogP contribution in [-0.2, 0) is 9.53 Å². The maximum atomic E-state index is 11.0. The van der Waals surface area contributed by atoms with Gasteiger partial charge in [0.25, 0.3) is 0 Å². The van der Waals surface area contributed by atoms with Crippen LogP contribution in [0.1, 0.15) is 59.3 Å². The normalized spacial score (nSPS) is 12.5. The second-order valence-electron chi connectivity index (χ2n) is 3.94. The Kier molecular flexibility index (Phi) is 8.70. The fraction of sp³-hybridized carbons (Fsp3) is 0.917. The molecule has 2 nitrogen and oxygen atoms in total. The van der Waals surface area contributed by atoms with Crippen LogP contribution in [-0.4, -0.2) is 12.6 Å². The van der Waals surface area contributed by atoms with Gasteiger partial charge in [-0.3, -0.25) is 4.79 Å². The number of esters is 1. The predicted molar refractivity (Wildman–Crippen MR) is 59.2 cm³/mol. The highest BCUT2D eigenvalue weighted by Gasteiger charge is 2.05. The van der Waals surface area contributed by atoms with Crippen LogP contribution in [0.2, 0.25) is 0 Å². The van der Waals surface area contributed by atoms with E-state index in [1.54, 1.807) is 0 Å². The number of hydrogen-bond acceptors (Lipinski definition) is 2. The number of carbonyl (C=O) groups excluding carboxylic acids is 1. The third kappa shape index (κ3) is 8.09. The van der Waals surface area contributed by atoms with Crippen molar-refractivity contribution < 1.29 is 9.53 Å². The van der Waals surface area contributed by atoms with Crippen molar-refractivity contribution in [2.45, 2.75) is 59.3 Å². The van der Waals surface area contributed by atoms with E-state index in [9.17, 15) is 4.79 Å². The van der Waals surface area contributed by atoms with E-state index in [0.29, 0.717) is 13.0 Å². The zero-order valence-electron chi connectivity index (χ0n) is 9.84. The standard InChI is InChI=1S/C12H24O2/c1-4-6-8-11(3)9-7-10-12(13)14-5-2/h11H,4-10H2,1-3H3/t11-/m1/s1. The summed E-state index contributed by atoms with van der Waals surface area (Å²) >= 11 is 0. The lowest BCUT2D eigenvalue weighted by Crippen LogP contribution is -2.04. The van der Waals surface area contributed by atoms with Crippen molar-refractivity contribution in [3.63, 3.8) is 0 Å². The fourth-order valence-corrected chi connectivity index (χ4v) is 1.52.